The van der Waals surface area contributed by atoms with Gasteiger partial charge in [0.05, 0.1) is 26.3 Å². The van der Waals surface area contributed by atoms with Crippen LogP contribution in [0.1, 0.15) is 46.5 Å². The summed E-state index contributed by atoms with van der Waals surface area (Å²) in [7, 11) is 3.27. The van der Waals surface area contributed by atoms with Crippen LogP contribution in [0.15, 0.2) is 69.7 Å². The third-order valence-corrected chi connectivity index (χ3v) is 6.27. The van der Waals surface area contributed by atoms with Crippen molar-refractivity contribution in [3.05, 3.63) is 83.8 Å². The van der Waals surface area contributed by atoms with Crippen molar-refractivity contribution in [1.29, 1.82) is 0 Å². The Bertz CT molecular complexity index is 1310. The summed E-state index contributed by atoms with van der Waals surface area (Å²) in [5, 5.41) is 4.09. The van der Waals surface area contributed by atoms with Crippen LogP contribution in [-0.4, -0.2) is 48.3 Å². The highest BCUT2D eigenvalue weighted by Crippen LogP contribution is 2.30. The number of nitrogens with zero attached hydrogens (tertiary/aromatic N) is 3. The van der Waals surface area contributed by atoms with E-state index in [9.17, 15) is 4.79 Å². The van der Waals surface area contributed by atoms with Gasteiger partial charge in [-0.3, -0.25) is 4.79 Å². The van der Waals surface area contributed by atoms with Crippen molar-refractivity contribution in [3.63, 3.8) is 0 Å². The number of carbonyl (C=O) groups excluding carboxylic acids is 1. The van der Waals surface area contributed by atoms with E-state index in [1.165, 1.54) is 0 Å². The number of rotatable bonds is 7. The largest absolute Gasteiger partial charge is 0.497 e. The summed E-state index contributed by atoms with van der Waals surface area (Å²) in [6, 6.07) is 17.0. The van der Waals surface area contributed by atoms with Crippen molar-refractivity contribution >= 4 is 5.91 Å². The molecule has 0 radical (unpaired) electrons. The molecule has 0 saturated carbocycles. The minimum Gasteiger partial charge on any atom is -0.497 e. The smallest absolute Gasteiger partial charge is 0.292 e. The van der Waals surface area contributed by atoms with Gasteiger partial charge < -0.3 is 23.3 Å². The van der Waals surface area contributed by atoms with Gasteiger partial charge >= 0.3 is 0 Å². The van der Waals surface area contributed by atoms with Gasteiger partial charge in [0.25, 0.3) is 5.91 Å². The zero-order valence-electron chi connectivity index (χ0n) is 19.8. The molecule has 1 amide bonds. The van der Waals surface area contributed by atoms with Crippen molar-refractivity contribution in [2.24, 2.45) is 0 Å². The minimum absolute atomic E-state index is 0.0277. The first-order valence-electron chi connectivity index (χ1n) is 11.6. The van der Waals surface area contributed by atoms with E-state index in [-0.39, 0.29) is 17.6 Å². The SMILES string of the molecule is COc1cccc(-c2cc(C(=O)N3CCC[C@H](c4ncc(Cc5ccccc5OC)o4)C3)on2)c1. The van der Waals surface area contributed by atoms with Crippen LogP contribution in [0.3, 0.4) is 0 Å². The summed E-state index contributed by atoms with van der Waals surface area (Å²) in [5.41, 5.74) is 2.45. The van der Waals surface area contributed by atoms with Gasteiger partial charge in [-0.1, -0.05) is 35.5 Å². The lowest BCUT2D eigenvalue weighted by Crippen LogP contribution is -2.39. The van der Waals surface area contributed by atoms with Crippen LogP contribution in [0, 0.1) is 0 Å². The van der Waals surface area contributed by atoms with E-state index in [2.05, 4.69) is 10.1 Å². The molecule has 0 unspecified atom stereocenters. The van der Waals surface area contributed by atoms with Gasteiger partial charge in [-0.2, -0.15) is 0 Å². The second-order valence-electron chi connectivity index (χ2n) is 8.55. The number of likely N-dealkylation sites (tertiary alicyclic amines) is 1. The van der Waals surface area contributed by atoms with E-state index < -0.39 is 0 Å². The molecule has 1 atom stereocenters. The summed E-state index contributed by atoms with van der Waals surface area (Å²) in [6.45, 7) is 1.17. The quantitative estimate of drug-likeness (QED) is 0.375. The number of carbonyl (C=O) groups is 1. The molecule has 3 heterocycles. The molecule has 2 aromatic heterocycles. The molecule has 0 aliphatic carbocycles. The van der Waals surface area contributed by atoms with E-state index in [1.54, 1.807) is 31.4 Å². The fraction of sp³-hybridized carbons (Fsp3) is 0.296. The molecule has 0 bridgehead atoms. The van der Waals surface area contributed by atoms with Crippen LogP contribution >= 0.6 is 0 Å². The number of para-hydroxylation sites is 1. The van der Waals surface area contributed by atoms with Crippen LogP contribution in [0.25, 0.3) is 11.3 Å². The standard InChI is InChI=1S/C27H27N3O5/c1-32-21-10-5-8-18(13-21)23-15-25(35-29-23)27(31)30-12-6-9-20(17-30)26-28-16-22(34-26)14-19-7-3-4-11-24(19)33-2/h3-5,7-8,10-11,13,15-16,20H,6,9,12,14,17H2,1-2H3/t20-/m0/s1. The lowest BCUT2D eigenvalue weighted by atomic mass is 9.97. The number of aromatic nitrogens is 2. The molecular weight excluding hydrogens is 446 g/mol. The molecule has 2 aromatic carbocycles. The molecule has 1 aliphatic heterocycles. The van der Waals surface area contributed by atoms with Crippen LogP contribution in [0.4, 0.5) is 0 Å². The number of hydrogen-bond acceptors (Lipinski definition) is 7. The fourth-order valence-corrected chi connectivity index (χ4v) is 4.44. The van der Waals surface area contributed by atoms with E-state index in [0.29, 0.717) is 36.8 Å². The zero-order chi connectivity index (χ0) is 24.2. The first-order valence-corrected chi connectivity index (χ1v) is 11.6. The summed E-state index contributed by atoms with van der Waals surface area (Å²) in [5.74, 6) is 3.02. The molecule has 4 aromatic rings. The normalized spacial score (nSPS) is 15.7. The molecule has 5 rings (SSSR count). The lowest BCUT2D eigenvalue weighted by Gasteiger charge is -2.30. The van der Waals surface area contributed by atoms with Crippen molar-refractivity contribution in [2.75, 3.05) is 27.3 Å². The highest BCUT2D eigenvalue weighted by Gasteiger charge is 2.30. The first kappa shape index (κ1) is 22.7. The van der Waals surface area contributed by atoms with Gasteiger partial charge in [0.15, 0.2) is 5.89 Å². The molecule has 0 spiro atoms. The maximum Gasteiger partial charge on any atom is 0.292 e. The third kappa shape index (κ3) is 4.91. The zero-order valence-corrected chi connectivity index (χ0v) is 19.8. The Kier molecular flexibility index (Phi) is 6.52. The van der Waals surface area contributed by atoms with Gasteiger partial charge in [-0.25, -0.2) is 4.98 Å². The number of oxazole rings is 1. The molecule has 8 heteroatoms. The predicted molar refractivity (Wildman–Crippen MR) is 129 cm³/mol. The topological polar surface area (TPSA) is 90.8 Å². The molecule has 35 heavy (non-hydrogen) atoms. The summed E-state index contributed by atoms with van der Waals surface area (Å²) in [6.07, 6.45) is 4.12. The van der Waals surface area contributed by atoms with E-state index in [4.69, 9.17) is 18.4 Å². The number of methoxy groups -OCH3 is 2. The van der Waals surface area contributed by atoms with Gasteiger partial charge in [-0.15, -0.1) is 0 Å². The van der Waals surface area contributed by atoms with Crippen LogP contribution in [0.2, 0.25) is 0 Å². The molecule has 1 saturated heterocycles. The highest BCUT2D eigenvalue weighted by atomic mass is 16.5. The van der Waals surface area contributed by atoms with Crippen molar-refractivity contribution in [3.8, 4) is 22.8 Å². The maximum absolute atomic E-state index is 13.2. The van der Waals surface area contributed by atoms with Crippen molar-refractivity contribution in [1.82, 2.24) is 15.0 Å². The Morgan fingerprint density at radius 3 is 2.86 bits per heavy atom. The molecule has 1 fully saturated rings. The van der Waals surface area contributed by atoms with E-state index in [0.717, 1.165) is 35.5 Å². The highest BCUT2D eigenvalue weighted by molar-refractivity contribution is 5.92. The Morgan fingerprint density at radius 1 is 1.11 bits per heavy atom. The molecule has 8 nitrogen and oxygen atoms in total. The van der Waals surface area contributed by atoms with Gasteiger partial charge in [0.2, 0.25) is 5.76 Å². The molecule has 0 N–H and O–H groups in total. The van der Waals surface area contributed by atoms with Crippen LogP contribution in [-0.2, 0) is 6.42 Å². The molecule has 1 aliphatic rings. The summed E-state index contributed by atoms with van der Waals surface area (Å²) in [4.78, 5) is 19.5. The van der Waals surface area contributed by atoms with Crippen molar-refractivity contribution < 1.29 is 23.2 Å². The van der Waals surface area contributed by atoms with Gasteiger partial charge in [0.1, 0.15) is 23.0 Å². The second-order valence-corrected chi connectivity index (χ2v) is 8.55. The Morgan fingerprint density at radius 2 is 2.00 bits per heavy atom. The summed E-state index contributed by atoms with van der Waals surface area (Å²) < 4.78 is 22.2. The van der Waals surface area contributed by atoms with Gasteiger partial charge in [-0.05, 0) is 31.0 Å². The van der Waals surface area contributed by atoms with E-state index >= 15 is 0 Å². The number of benzene rings is 2. The number of piperidine rings is 1. The fourth-order valence-electron chi connectivity index (χ4n) is 4.44. The number of hydrogen-bond donors (Lipinski definition) is 0. The third-order valence-electron chi connectivity index (χ3n) is 6.27. The molecule has 180 valence electrons. The second kappa shape index (κ2) is 10.0. The minimum atomic E-state index is -0.183. The van der Waals surface area contributed by atoms with E-state index in [1.807, 2.05) is 48.5 Å². The van der Waals surface area contributed by atoms with Crippen LogP contribution < -0.4 is 9.47 Å². The number of ether oxygens (including phenoxy) is 2. The van der Waals surface area contributed by atoms with Gasteiger partial charge in [0, 0.05) is 36.7 Å². The average Bonchev–Trinajstić information content (AvgIpc) is 3.59. The Balaban J connectivity index is 1.26. The first-order chi connectivity index (χ1) is 17.1. The monoisotopic (exact) mass is 473 g/mol. The maximum atomic E-state index is 13.2. The Hall–Kier alpha value is -4.07. The number of amides is 1. The van der Waals surface area contributed by atoms with Crippen molar-refractivity contribution in [2.45, 2.75) is 25.2 Å². The average molecular weight is 474 g/mol. The van der Waals surface area contributed by atoms with Crippen LogP contribution in [0.5, 0.6) is 11.5 Å². The summed E-state index contributed by atoms with van der Waals surface area (Å²) >= 11 is 0. The lowest BCUT2D eigenvalue weighted by molar-refractivity contribution is 0.0656. The molecular formula is C27H27N3O5. The Labute approximate surface area is 203 Å². The predicted octanol–water partition coefficient (Wildman–Crippen LogP) is 4.96.